The molecule has 1 amide bonds. The Labute approximate surface area is 236 Å². The highest BCUT2D eigenvalue weighted by molar-refractivity contribution is 7.22. The second-order valence-electron chi connectivity index (χ2n) is 9.67. The van der Waals surface area contributed by atoms with Crippen molar-refractivity contribution in [3.63, 3.8) is 0 Å². The lowest BCUT2D eigenvalue weighted by Gasteiger charge is -2.24. The van der Waals surface area contributed by atoms with Gasteiger partial charge in [-0.25, -0.2) is 4.98 Å². The van der Waals surface area contributed by atoms with Crippen LogP contribution in [-0.2, 0) is 9.59 Å². The van der Waals surface area contributed by atoms with Crippen LogP contribution in [0.5, 0.6) is 11.5 Å². The number of ether oxygens (including phenoxy) is 2. The third-order valence-corrected chi connectivity index (χ3v) is 7.76. The summed E-state index contributed by atoms with van der Waals surface area (Å²) in [4.78, 5) is 37.4. The summed E-state index contributed by atoms with van der Waals surface area (Å²) < 4.78 is 12.8. The smallest absolute Gasteiger partial charge is 0.301 e. The fourth-order valence-corrected chi connectivity index (χ4v) is 6.05. The van der Waals surface area contributed by atoms with Gasteiger partial charge in [-0.15, -0.1) is 0 Å². The number of hydrogen-bond donors (Lipinski definition) is 1. The molecule has 3 heterocycles. The first-order valence-corrected chi connectivity index (χ1v) is 14.1. The van der Waals surface area contributed by atoms with Crippen molar-refractivity contribution in [1.82, 2.24) is 9.97 Å². The molecule has 1 saturated heterocycles. The summed E-state index contributed by atoms with van der Waals surface area (Å²) in [5, 5.41) is 11.8. The Hall–Kier alpha value is -4.24. The number of aliphatic hydroxyl groups excluding tert-OH is 1. The van der Waals surface area contributed by atoms with Crippen LogP contribution in [0.1, 0.15) is 55.0 Å². The number of fused-ring (bicyclic) bond motifs is 1. The standard InChI is InChI=1S/C31H31N3O5S/c1-5-7-14-39-22-9-8-21(17-23(22)38-6-2)27-25(28(35)20-10-12-32-13-11-20)29(36)30(37)34(27)31-33-26-19(4)15-18(3)16-24(26)40-31/h8-13,15-17,27,35H,5-7,14H2,1-4H3. The first-order valence-electron chi connectivity index (χ1n) is 13.3. The molecular weight excluding hydrogens is 526 g/mol. The largest absolute Gasteiger partial charge is 0.507 e. The summed E-state index contributed by atoms with van der Waals surface area (Å²) in [6.07, 6.45) is 4.94. The van der Waals surface area contributed by atoms with Crippen LogP contribution in [0.3, 0.4) is 0 Å². The number of anilines is 1. The number of unbranched alkanes of at least 4 members (excludes halogenated alkanes) is 1. The number of hydrogen-bond acceptors (Lipinski definition) is 8. The Kier molecular flexibility index (Phi) is 7.84. The van der Waals surface area contributed by atoms with Gasteiger partial charge in [0.05, 0.1) is 35.0 Å². The number of rotatable bonds is 9. The average molecular weight is 558 g/mol. The van der Waals surface area contributed by atoms with Crippen LogP contribution < -0.4 is 14.4 Å². The normalized spacial score (nSPS) is 16.6. The molecule has 40 heavy (non-hydrogen) atoms. The number of amides is 1. The van der Waals surface area contributed by atoms with Crippen molar-refractivity contribution in [3.8, 4) is 11.5 Å². The van der Waals surface area contributed by atoms with Crippen molar-refractivity contribution in [2.45, 2.75) is 46.6 Å². The van der Waals surface area contributed by atoms with Crippen molar-refractivity contribution >= 4 is 44.1 Å². The Morgan fingerprint density at radius 1 is 1.02 bits per heavy atom. The fourth-order valence-electron chi connectivity index (χ4n) is 4.88. The van der Waals surface area contributed by atoms with Crippen molar-refractivity contribution in [1.29, 1.82) is 0 Å². The monoisotopic (exact) mass is 557 g/mol. The van der Waals surface area contributed by atoms with Gasteiger partial charge in [-0.1, -0.05) is 36.8 Å². The molecule has 206 valence electrons. The minimum atomic E-state index is -0.931. The minimum Gasteiger partial charge on any atom is -0.507 e. The molecule has 8 nitrogen and oxygen atoms in total. The van der Waals surface area contributed by atoms with Crippen LogP contribution in [-0.4, -0.2) is 40.0 Å². The van der Waals surface area contributed by atoms with Crippen LogP contribution in [0, 0.1) is 13.8 Å². The van der Waals surface area contributed by atoms with E-state index in [1.54, 1.807) is 30.3 Å². The Balaban J connectivity index is 1.70. The molecule has 1 fully saturated rings. The van der Waals surface area contributed by atoms with Gasteiger partial charge in [0, 0.05) is 18.0 Å². The van der Waals surface area contributed by atoms with Gasteiger partial charge < -0.3 is 14.6 Å². The van der Waals surface area contributed by atoms with Gasteiger partial charge >= 0.3 is 5.91 Å². The number of aliphatic hydroxyl groups is 1. The van der Waals surface area contributed by atoms with Crippen LogP contribution in [0.25, 0.3) is 16.0 Å². The highest BCUT2D eigenvalue weighted by Crippen LogP contribution is 2.46. The van der Waals surface area contributed by atoms with Crippen LogP contribution in [0.15, 0.2) is 60.4 Å². The second-order valence-corrected chi connectivity index (χ2v) is 10.7. The zero-order chi connectivity index (χ0) is 28.4. The van der Waals surface area contributed by atoms with Crippen molar-refractivity contribution in [2.24, 2.45) is 0 Å². The number of carbonyl (C=O) groups excluding carboxylic acids is 2. The van der Waals surface area contributed by atoms with Gasteiger partial charge in [0.2, 0.25) is 0 Å². The number of pyridine rings is 1. The van der Waals surface area contributed by atoms with E-state index in [4.69, 9.17) is 14.5 Å². The molecule has 4 aromatic rings. The maximum atomic E-state index is 13.6. The molecule has 2 aromatic carbocycles. The minimum absolute atomic E-state index is 0.0227. The van der Waals surface area contributed by atoms with E-state index in [0.29, 0.717) is 41.0 Å². The SMILES string of the molecule is CCCCOc1ccc(C2C(=C(O)c3ccncc3)C(=O)C(=O)N2c2nc3c(C)cc(C)cc3s2)cc1OCC. The van der Waals surface area contributed by atoms with Gasteiger partial charge in [-0.2, -0.15) is 0 Å². The molecule has 1 N–H and O–H groups in total. The number of benzene rings is 2. The molecule has 0 aliphatic carbocycles. The van der Waals surface area contributed by atoms with Crippen molar-refractivity contribution in [2.75, 3.05) is 18.1 Å². The zero-order valence-corrected chi connectivity index (χ0v) is 23.7. The highest BCUT2D eigenvalue weighted by Gasteiger charge is 2.48. The molecule has 1 unspecified atom stereocenters. The van der Waals surface area contributed by atoms with Crippen molar-refractivity contribution in [3.05, 3.63) is 82.7 Å². The quantitative estimate of drug-likeness (QED) is 0.108. The van der Waals surface area contributed by atoms with E-state index in [0.717, 1.165) is 34.2 Å². The van der Waals surface area contributed by atoms with E-state index >= 15 is 0 Å². The number of ketones is 1. The molecule has 0 bridgehead atoms. The summed E-state index contributed by atoms with van der Waals surface area (Å²) in [6.45, 7) is 8.89. The number of aromatic nitrogens is 2. The van der Waals surface area contributed by atoms with Gasteiger partial charge in [0.15, 0.2) is 16.6 Å². The average Bonchev–Trinajstić information content (AvgIpc) is 3.48. The summed E-state index contributed by atoms with van der Waals surface area (Å²) in [7, 11) is 0. The van der Waals surface area contributed by atoms with E-state index in [-0.39, 0.29) is 11.3 Å². The second kappa shape index (κ2) is 11.5. The van der Waals surface area contributed by atoms with E-state index in [2.05, 4.69) is 11.9 Å². The Bertz CT molecular complexity index is 1610. The summed E-state index contributed by atoms with van der Waals surface area (Å²) >= 11 is 1.34. The van der Waals surface area contributed by atoms with E-state index in [1.165, 1.54) is 28.6 Å². The molecular formula is C31H31N3O5S. The maximum Gasteiger partial charge on any atom is 0.301 e. The predicted molar refractivity (Wildman–Crippen MR) is 156 cm³/mol. The van der Waals surface area contributed by atoms with Gasteiger partial charge in [-0.05, 0) is 74.2 Å². The first-order chi connectivity index (χ1) is 19.3. The summed E-state index contributed by atoms with van der Waals surface area (Å²) in [5.74, 6) is -0.733. The molecule has 0 spiro atoms. The molecule has 1 aliphatic heterocycles. The molecule has 1 atom stereocenters. The molecule has 5 rings (SSSR count). The Morgan fingerprint density at radius 2 is 1.80 bits per heavy atom. The number of thiazole rings is 1. The van der Waals surface area contributed by atoms with Crippen LogP contribution in [0.4, 0.5) is 5.13 Å². The molecule has 0 radical (unpaired) electrons. The number of aryl methyl sites for hydroxylation is 2. The molecule has 9 heteroatoms. The zero-order valence-electron chi connectivity index (χ0n) is 22.9. The van der Waals surface area contributed by atoms with Crippen LogP contribution >= 0.6 is 11.3 Å². The van der Waals surface area contributed by atoms with Gasteiger partial charge in [0.25, 0.3) is 5.78 Å². The third-order valence-electron chi connectivity index (χ3n) is 6.76. The summed E-state index contributed by atoms with van der Waals surface area (Å²) in [6, 6.07) is 11.7. The number of Topliss-reactive ketones (excluding diaryl/α,β-unsaturated/α-hetero) is 1. The number of nitrogens with zero attached hydrogens (tertiary/aromatic N) is 3. The molecule has 0 saturated carbocycles. The van der Waals surface area contributed by atoms with E-state index < -0.39 is 17.7 Å². The maximum absolute atomic E-state index is 13.6. The first kappa shape index (κ1) is 27.3. The lowest BCUT2D eigenvalue weighted by Crippen LogP contribution is -2.29. The highest BCUT2D eigenvalue weighted by atomic mass is 32.1. The fraction of sp³-hybridized carbons (Fsp3) is 0.290. The van der Waals surface area contributed by atoms with Gasteiger partial charge in [0.1, 0.15) is 5.76 Å². The Morgan fingerprint density at radius 3 is 2.52 bits per heavy atom. The predicted octanol–water partition coefficient (Wildman–Crippen LogP) is 6.51. The van der Waals surface area contributed by atoms with Crippen LogP contribution in [0.2, 0.25) is 0 Å². The topological polar surface area (TPSA) is 102 Å². The molecule has 2 aromatic heterocycles. The van der Waals surface area contributed by atoms with E-state index in [9.17, 15) is 14.7 Å². The van der Waals surface area contributed by atoms with Crippen molar-refractivity contribution < 1.29 is 24.2 Å². The third kappa shape index (κ3) is 5.04. The number of carbonyl (C=O) groups is 2. The lowest BCUT2D eigenvalue weighted by atomic mass is 9.95. The van der Waals surface area contributed by atoms with Gasteiger partial charge in [-0.3, -0.25) is 19.5 Å². The lowest BCUT2D eigenvalue weighted by molar-refractivity contribution is -0.132. The summed E-state index contributed by atoms with van der Waals surface area (Å²) in [5.41, 5.74) is 3.79. The molecule has 1 aliphatic rings. The van der Waals surface area contributed by atoms with E-state index in [1.807, 2.05) is 32.9 Å².